The first-order chi connectivity index (χ1) is 14.5. The molecule has 10 nitrogen and oxygen atoms in total. The van der Waals surface area contributed by atoms with Crippen molar-refractivity contribution in [2.45, 2.75) is 6.54 Å². The van der Waals surface area contributed by atoms with Gasteiger partial charge in [0.05, 0.1) is 10.7 Å². The second-order valence-electron chi connectivity index (χ2n) is 7.51. The normalized spacial score (nSPS) is 20.7. The summed E-state index contributed by atoms with van der Waals surface area (Å²) in [4.78, 5) is 16.0. The first kappa shape index (κ1) is 18.8. The molecule has 2 saturated heterocycles. The van der Waals surface area contributed by atoms with Crippen LogP contribution >= 0.6 is 11.6 Å². The average Bonchev–Trinajstić information content (AvgIpc) is 3.44. The first-order valence-corrected chi connectivity index (χ1v) is 9.75. The van der Waals surface area contributed by atoms with Crippen molar-refractivity contribution < 1.29 is 18.8 Å². The Kier molecular flexibility index (Phi) is 4.54. The van der Waals surface area contributed by atoms with E-state index in [0.717, 1.165) is 36.7 Å². The van der Waals surface area contributed by atoms with Crippen molar-refractivity contribution in [1.82, 2.24) is 25.4 Å². The molecular formula is C18H17ClFN7O3. The van der Waals surface area contributed by atoms with Crippen molar-refractivity contribution in [1.29, 1.82) is 0 Å². The van der Waals surface area contributed by atoms with Crippen LogP contribution in [0.4, 0.5) is 15.9 Å². The number of carbonyl (C=O) groups is 1. The molecule has 156 valence electrons. The highest BCUT2D eigenvalue weighted by Crippen LogP contribution is 2.38. The third kappa shape index (κ3) is 3.45. The van der Waals surface area contributed by atoms with Crippen LogP contribution in [0.25, 0.3) is 11.6 Å². The summed E-state index contributed by atoms with van der Waals surface area (Å²) < 4.78 is 19.0. The van der Waals surface area contributed by atoms with E-state index >= 15 is 0 Å². The van der Waals surface area contributed by atoms with E-state index < -0.39 is 5.97 Å². The van der Waals surface area contributed by atoms with E-state index in [1.165, 1.54) is 12.1 Å². The van der Waals surface area contributed by atoms with Crippen LogP contribution < -0.4 is 9.80 Å². The fraction of sp³-hybridized carbons (Fsp3) is 0.389. The predicted octanol–water partition coefficient (Wildman–Crippen LogP) is 1.78. The molecule has 2 atom stereocenters. The smallest absolute Gasteiger partial charge is 0.327 e. The van der Waals surface area contributed by atoms with Crippen molar-refractivity contribution in [3.8, 4) is 11.6 Å². The number of tetrazole rings is 1. The van der Waals surface area contributed by atoms with Gasteiger partial charge in [0.1, 0.15) is 5.82 Å². The van der Waals surface area contributed by atoms with E-state index in [-0.39, 0.29) is 18.2 Å². The summed E-state index contributed by atoms with van der Waals surface area (Å²) in [7, 11) is 0. The molecule has 0 spiro atoms. The highest BCUT2D eigenvalue weighted by Gasteiger charge is 2.41. The van der Waals surface area contributed by atoms with Crippen LogP contribution in [0.5, 0.6) is 0 Å². The summed E-state index contributed by atoms with van der Waals surface area (Å²) in [6.45, 7) is 2.79. The maximum Gasteiger partial charge on any atom is 0.327 e. The van der Waals surface area contributed by atoms with Crippen molar-refractivity contribution in [2.24, 2.45) is 11.8 Å². The third-order valence-corrected chi connectivity index (χ3v) is 5.83. The zero-order valence-electron chi connectivity index (χ0n) is 15.6. The van der Waals surface area contributed by atoms with Crippen molar-refractivity contribution in [2.75, 3.05) is 36.0 Å². The summed E-state index contributed by atoms with van der Waals surface area (Å²) in [6.07, 6.45) is 0. The zero-order chi connectivity index (χ0) is 20.8. The van der Waals surface area contributed by atoms with Gasteiger partial charge in [-0.05, 0) is 23.4 Å². The molecule has 0 saturated carbocycles. The van der Waals surface area contributed by atoms with Crippen molar-refractivity contribution in [3.05, 3.63) is 35.1 Å². The summed E-state index contributed by atoms with van der Waals surface area (Å²) in [5, 5.41) is 24.9. The first-order valence-electron chi connectivity index (χ1n) is 9.38. The van der Waals surface area contributed by atoms with Crippen LogP contribution in [0.1, 0.15) is 0 Å². The minimum absolute atomic E-state index is 0.182. The average molecular weight is 434 g/mol. The van der Waals surface area contributed by atoms with Gasteiger partial charge in [-0.25, -0.2) is 4.39 Å². The summed E-state index contributed by atoms with van der Waals surface area (Å²) in [5.41, 5.74) is 0.733. The van der Waals surface area contributed by atoms with Gasteiger partial charge in [0.25, 0.3) is 0 Å². The number of carboxylic acid groups (broad SMARTS) is 1. The number of anilines is 2. The lowest BCUT2D eigenvalue weighted by Gasteiger charge is -2.23. The Morgan fingerprint density at radius 1 is 1.20 bits per heavy atom. The minimum Gasteiger partial charge on any atom is -0.480 e. The molecule has 30 heavy (non-hydrogen) atoms. The predicted molar refractivity (Wildman–Crippen MR) is 104 cm³/mol. The highest BCUT2D eigenvalue weighted by molar-refractivity contribution is 6.33. The van der Waals surface area contributed by atoms with E-state index in [4.69, 9.17) is 21.2 Å². The topological polar surface area (TPSA) is 113 Å². The second-order valence-corrected chi connectivity index (χ2v) is 7.92. The SMILES string of the molecule is O=C(O)Cn1nnc(-c2cc(N3CC4CN(c5cc(F)ccc5Cl)CC4C3)no2)n1. The Bertz CT molecular complexity index is 1090. The van der Waals surface area contributed by atoms with E-state index in [2.05, 4.69) is 30.4 Å². The molecule has 2 fully saturated rings. The van der Waals surface area contributed by atoms with Gasteiger partial charge in [0.15, 0.2) is 12.4 Å². The van der Waals surface area contributed by atoms with Gasteiger partial charge in [-0.15, -0.1) is 10.2 Å². The van der Waals surface area contributed by atoms with Crippen LogP contribution in [-0.2, 0) is 11.3 Å². The Balaban J connectivity index is 1.25. The summed E-state index contributed by atoms with van der Waals surface area (Å²) in [5.74, 6) is 0.627. The molecule has 0 radical (unpaired) electrons. The molecule has 1 aromatic carbocycles. The highest BCUT2D eigenvalue weighted by atomic mass is 35.5. The molecule has 12 heteroatoms. The molecule has 2 aliphatic heterocycles. The quantitative estimate of drug-likeness (QED) is 0.643. The number of halogens is 2. The maximum atomic E-state index is 13.6. The van der Waals surface area contributed by atoms with Gasteiger partial charge in [0, 0.05) is 44.1 Å². The van der Waals surface area contributed by atoms with Crippen LogP contribution in [0, 0.1) is 17.7 Å². The zero-order valence-corrected chi connectivity index (χ0v) is 16.4. The maximum absolute atomic E-state index is 13.6. The van der Waals surface area contributed by atoms with E-state index in [0.29, 0.717) is 28.4 Å². The second kappa shape index (κ2) is 7.24. The van der Waals surface area contributed by atoms with Crippen LogP contribution in [0.2, 0.25) is 5.02 Å². The Morgan fingerprint density at radius 3 is 2.67 bits per heavy atom. The van der Waals surface area contributed by atoms with Crippen LogP contribution in [0.15, 0.2) is 28.8 Å². The number of nitrogens with zero attached hydrogens (tertiary/aromatic N) is 7. The van der Waals surface area contributed by atoms with Gasteiger partial charge in [-0.3, -0.25) is 4.79 Å². The van der Waals surface area contributed by atoms with Gasteiger partial charge in [-0.1, -0.05) is 16.8 Å². The van der Waals surface area contributed by atoms with Gasteiger partial charge in [0.2, 0.25) is 11.6 Å². The number of hydrogen-bond donors (Lipinski definition) is 1. The monoisotopic (exact) mass is 433 g/mol. The van der Waals surface area contributed by atoms with Crippen LogP contribution in [-0.4, -0.2) is 62.6 Å². The molecule has 2 unspecified atom stereocenters. The molecular weight excluding hydrogens is 417 g/mol. The van der Waals surface area contributed by atoms with Gasteiger partial charge in [-0.2, -0.15) is 4.80 Å². The van der Waals surface area contributed by atoms with E-state index in [1.807, 2.05) is 0 Å². The molecule has 3 aromatic rings. The molecule has 2 aromatic heterocycles. The number of rotatable bonds is 5. The lowest BCUT2D eigenvalue weighted by atomic mass is 10.0. The summed E-state index contributed by atoms with van der Waals surface area (Å²) in [6, 6.07) is 6.16. The molecule has 0 amide bonds. The Labute approximate surface area is 174 Å². The fourth-order valence-corrected chi connectivity index (χ4v) is 4.39. The van der Waals surface area contributed by atoms with Crippen LogP contribution in [0.3, 0.4) is 0 Å². The van der Waals surface area contributed by atoms with Crippen molar-refractivity contribution >= 4 is 29.1 Å². The molecule has 0 aliphatic carbocycles. The largest absolute Gasteiger partial charge is 0.480 e. The van der Waals surface area contributed by atoms with E-state index in [1.54, 1.807) is 12.1 Å². The molecule has 5 rings (SSSR count). The molecule has 0 bridgehead atoms. The molecule has 2 aliphatic rings. The lowest BCUT2D eigenvalue weighted by molar-refractivity contribution is -0.138. The number of hydrogen-bond acceptors (Lipinski definition) is 8. The fourth-order valence-electron chi connectivity index (χ4n) is 4.16. The summed E-state index contributed by atoms with van der Waals surface area (Å²) >= 11 is 6.26. The molecule has 4 heterocycles. The number of benzene rings is 1. The molecule has 1 N–H and O–H groups in total. The third-order valence-electron chi connectivity index (χ3n) is 5.51. The standard InChI is InChI=1S/C18H17ClFN7O3/c19-13-2-1-12(20)3-14(13)25-5-10-7-26(8-11(10)6-25)16-4-15(30-23-16)18-21-24-27(22-18)9-17(28)29/h1-4,10-11H,5-9H2,(H,28,29). The number of aliphatic carboxylic acids is 1. The minimum atomic E-state index is -1.06. The van der Waals surface area contributed by atoms with E-state index in [9.17, 15) is 9.18 Å². The number of aromatic nitrogens is 5. The lowest BCUT2D eigenvalue weighted by Crippen LogP contribution is -2.29. The van der Waals surface area contributed by atoms with Crippen molar-refractivity contribution in [3.63, 3.8) is 0 Å². The number of fused-ring (bicyclic) bond motifs is 1. The van der Waals surface area contributed by atoms with Gasteiger partial charge < -0.3 is 19.4 Å². The van der Waals surface area contributed by atoms with Gasteiger partial charge >= 0.3 is 5.97 Å². The Morgan fingerprint density at radius 2 is 1.93 bits per heavy atom. The Hall–Kier alpha value is -3.21. The number of carboxylic acids is 1.